The van der Waals surface area contributed by atoms with Gasteiger partial charge in [0.15, 0.2) is 0 Å². The zero-order valence-corrected chi connectivity index (χ0v) is 14.2. The summed E-state index contributed by atoms with van der Waals surface area (Å²) in [6, 6.07) is 6.17. The Labute approximate surface area is 140 Å². The third kappa shape index (κ3) is 4.20. The fraction of sp³-hybridized carbons (Fsp3) is 0.353. The summed E-state index contributed by atoms with van der Waals surface area (Å²) in [7, 11) is 0. The molecule has 24 heavy (non-hydrogen) atoms. The van der Waals surface area contributed by atoms with E-state index in [1.807, 2.05) is 20.8 Å². The summed E-state index contributed by atoms with van der Waals surface area (Å²) in [5.74, 6) is -0.104. The van der Waals surface area contributed by atoms with Crippen molar-refractivity contribution in [2.45, 2.75) is 33.7 Å². The van der Waals surface area contributed by atoms with E-state index >= 15 is 0 Å². The van der Waals surface area contributed by atoms with E-state index in [0.717, 1.165) is 0 Å². The molecule has 0 fully saturated rings. The molecule has 2 rings (SSSR count). The molecule has 0 spiro atoms. The van der Waals surface area contributed by atoms with Crippen LogP contribution in [0.4, 0.5) is 11.4 Å². The first-order valence-electron chi connectivity index (χ1n) is 7.57. The maximum atomic E-state index is 12.1. The van der Waals surface area contributed by atoms with Gasteiger partial charge in [-0.15, -0.1) is 0 Å². The minimum Gasteiger partial charge on any atom is -0.361 e. The van der Waals surface area contributed by atoms with Gasteiger partial charge in [0.2, 0.25) is 5.91 Å². The number of aromatic nitrogens is 1. The molecule has 0 aliphatic carbocycles. The van der Waals surface area contributed by atoms with Gasteiger partial charge in [-0.3, -0.25) is 9.59 Å². The lowest BCUT2D eigenvalue weighted by Gasteiger charge is -2.25. The molecule has 7 heteroatoms. The maximum absolute atomic E-state index is 12.1. The lowest BCUT2D eigenvalue weighted by molar-refractivity contribution is -0.119. The molecule has 1 atom stereocenters. The first-order chi connectivity index (χ1) is 11.2. The molecule has 0 radical (unpaired) electrons. The van der Waals surface area contributed by atoms with E-state index in [-0.39, 0.29) is 17.2 Å². The summed E-state index contributed by atoms with van der Waals surface area (Å²) in [5, 5.41) is 9.07. The number of rotatable bonds is 4. The molecule has 0 aliphatic heterocycles. The Balaban J connectivity index is 2.00. The van der Waals surface area contributed by atoms with Crippen LogP contribution in [0.5, 0.6) is 0 Å². The van der Waals surface area contributed by atoms with E-state index in [9.17, 15) is 9.59 Å². The van der Waals surface area contributed by atoms with Crippen LogP contribution in [0.15, 0.2) is 35.0 Å². The number of hydrogen-bond donors (Lipinski definition) is 3. The molecule has 1 heterocycles. The summed E-state index contributed by atoms with van der Waals surface area (Å²) in [6.07, 6.45) is 1.37. The van der Waals surface area contributed by atoms with Crippen molar-refractivity contribution in [3.05, 3.63) is 41.8 Å². The Morgan fingerprint density at radius 1 is 1.12 bits per heavy atom. The molecular weight excluding hydrogens is 308 g/mol. The Morgan fingerprint density at radius 3 is 2.12 bits per heavy atom. The Morgan fingerprint density at radius 2 is 1.67 bits per heavy atom. The Bertz CT molecular complexity index is 729. The van der Waals surface area contributed by atoms with Gasteiger partial charge in [0.1, 0.15) is 11.3 Å². The average molecular weight is 330 g/mol. The SMILES string of the molecule is Cc1oncc1C(=O)Nc1ccc(NC(=O)[C@@H](N)C(C)(C)C)cc1. The molecule has 4 N–H and O–H groups in total. The maximum Gasteiger partial charge on any atom is 0.260 e. The number of amides is 2. The van der Waals surface area contributed by atoms with Gasteiger partial charge in [-0.1, -0.05) is 25.9 Å². The molecule has 7 nitrogen and oxygen atoms in total. The summed E-state index contributed by atoms with van der Waals surface area (Å²) < 4.78 is 4.87. The van der Waals surface area contributed by atoms with Crippen molar-refractivity contribution in [1.29, 1.82) is 0 Å². The lowest BCUT2D eigenvalue weighted by atomic mass is 9.87. The number of benzene rings is 1. The average Bonchev–Trinajstić information content (AvgIpc) is 2.93. The number of carbonyl (C=O) groups excluding carboxylic acids is 2. The first kappa shape index (κ1) is 17.7. The van der Waals surface area contributed by atoms with E-state index < -0.39 is 6.04 Å². The second-order valence-electron chi connectivity index (χ2n) is 6.66. The van der Waals surface area contributed by atoms with Crippen LogP contribution in [0.25, 0.3) is 0 Å². The molecule has 0 saturated carbocycles. The van der Waals surface area contributed by atoms with Crippen molar-refractivity contribution >= 4 is 23.2 Å². The summed E-state index contributed by atoms with van der Waals surface area (Å²) >= 11 is 0. The summed E-state index contributed by atoms with van der Waals surface area (Å²) in [6.45, 7) is 7.38. The van der Waals surface area contributed by atoms with Gasteiger partial charge in [0.25, 0.3) is 5.91 Å². The van der Waals surface area contributed by atoms with E-state index in [2.05, 4.69) is 15.8 Å². The van der Waals surface area contributed by atoms with Crippen LogP contribution in [0.2, 0.25) is 0 Å². The van der Waals surface area contributed by atoms with Crippen molar-refractivity contribution in [2.24, 2.45) is 11.1 Å². The second-order valence-corrected chi connectivity index (χ2v) is 6.66. The molecule has 0 saturated heterocycles. The Hall–Kier alpha value is -2.67. The predicted molar refractivity (Wildman–Crippen MR) is 91.7 cm³/mol. The van der Waals surface area contributed by atoms with Gasteiger partial charge in [-0.05, 0) is 36.6 Å². The quantitative estimate of drug-likeness (QED) is 0.798. The smallest absolute Gasteiger partial charge is 0.260 e. The summed E-state index contributed by atoms with van der Waals surface area (Å²) in [4.78, 5) is 24.2. The third-order valence-electron chi connectivity index (χ3n) is 3.62. The van der Waals surface area contributed by atoms with Gasteiger partial charge < -0.3 is 20.9 Å². The molecule has 2 amide bonds. The van der Waals surface area contributed by atoms with Gasteiger partial charge in [-0.2, -0.15) is 0 Å². The number of nitrogens with two attached hydrogens (primary N) is 1. The lowest BCUT2D eigenvalue weighted by Crippen LogP contribution is -2.45. The molecule has 1 aromatic heterocycles. The molecule has 1 aromatic carbocycles. The minimum absolute atomic E-state index is 0.251. The van der Waals surface area contributed by atoms with E-state index in [1.165, 1.54) is 6.20 Å². The fourth-order valence-electron chi connectivity index (χ4n) is 1.97. The third-order valence-corrected chi connectivity index (χ3v) is 3.62. The van der Waals surface area contributed by atoms with Crippen LogP contribution in [0.3, 0.4) is 0 Å². The molecular formula is C17H22N4O3. The molecule has 0 unspecified atom stereocenters. The van der Waals surface area contributed by atoms with Gasteiger partial charge >= 0.3 is 0 Å². The predicted octanol–water partition coefficient (Wildman–Crippen LogP) is 2.55. The molecule has 128 valence electrons. The van der Waals surface area contributed by atoms with Crippen molar-refractivity contribution in [3.63, 3.8) is 0 Å². The van der Waals surface area contributed by atoms with Crippen LogP contribution in [-0.2, 0) is 4.79 Å². The highest BCUT2D eigenvalue weighted by Crippen LogP contribution is 2.20. The number of aryl methyl sites for hydroxylation is 1. The highest BCUT2D eigenvalue weighted by molar-refractivity contribution is 6.04. The number of hydrogen-bond acceptors (Lipinski definition) is 5. The molecule has 0 bridgehead atoms. The van der Waals surface area contributed by atoms with Crippen LogP contribution >= 0.6 is 0 Å². The minimum atomic E-state index is -0.617. The normalized spacial score (nSPS) is 12.5. The van der Waals surface area contributed by atoms with Crippen LogP contribution in [0.1, 0.15) is 36.9 Å². The number of carbonyl (C=O) groups is 2. The largest absolute Gasteiger partial charge is 0.361 e. The zero-order valence-electron chi connectivity index (χ0n) is 14.2. The van der Waals surface area contributed by atoms with Crippen molar-refractivity contribution in [2.75, 3.05) is 10.6 Å². The Kier molecular flexibility index (Phi) is 5.04. The highest BCUT2D eigenvalue weighted by atomic mass is 16.5. The van der Waals surface area contributed by atoms with Crippen LogP contribution in [0, 0.1) is 12.3 Å². The second kappa shape index (κ2) is 6.84. The van der Waals surface area contributed by atoms with E-state index in [4.69, 9.17) is 10.3 Å². The van der Waals surface area contributed by atoms with Crippen molar-refractivity contribution in [3.8, 4) is 0 Å². The van der Waals surface area contributed by atoms with E-state index in [1.54, 1.807) is 31.2 Å². The van der Waals surface area contributed by atoms with E-state index in [0.29, 0.717) is 22.7 Å². The number of nitrogens with zero attached hydrogens (tertiary/aromatic N) is 1. The molecule has 0 aliphatic rings. The van der Waals surface area contributed by atoms with Gasteiger partial charge in [0.05, 0.1) is 12.2 Å². The monoisotopic (exact) mass is 330 g/mol. The fourth-order valence-corrected chi connectivity index (χ4v) is 1.97. The summed E-state index contributed by atoms with van der Waals surface area (Å²) in [5.41, 5.74) is 7.18. The standard InChI is InChI=1S/C17H22N4O3/c1-10-13(9-19-24-10)15(22)20-11-5-7-12(8-6-11)21-16(23)14(18)17(2,3)4/h5-9,14H,18H2,1-4H3,(H,20,22)(H,21,23)/t14-/m1/s1. The molecule has 2 aromatic rings. The number of nitrogens with one attached hydrogen (secondary N) is 2. The number of anilines is 2. The highest BCUT2D eigenvalue weighted by Gasteiger charge is 2.27. The van der Waals surface area contributed by atoms with Gasteiger partial charge in [0, 0.05) is 11.4 Å². The van der Waals surface area contributed by atoms with Crippen LogP contribution in [-0.4, -0.2) is 23.0 Å². The van der Waals surface area contributed by atoms with Crippen LogP contribution < -0.4 is 16.4 Å². The first-order valence-corrected chi connectivity index (χ1v) is 7.57. The topological polar surface area (TPSA) is 110 Å². The van der Waals surface area contributed by atoms with Crippen molar-refractivity contribution in [1.82, 2.24) is 5.16 Å². The van der Waals surface area contributed by atoms with Crippen molar-refractivity contribution < 1.29 is 14.1 Å². The zero-order chi connectivity index (χ0) is 17.9. The van der Waals surface area contributed by atoms with Gasteiger partial charge in [-0.25, -0.2) is 0 Å².